The third kappa shape index (κ3) is 4.23. The highest BCUT2D eigenvalue weighted by Gasteiger charge is 2.31. The standard InChI is InChI=1S/C25H21Cl2NO2/c1-2-13-28-23-6-4-3-5-20(23)21(25(28)29)14-18-9-12-24(22(27)15-18)30-16-17-7-10-19(26)11-8-17/h3-12,14-15H,2,13,16H2,1H3/b21-14-. The Kier molecular flexibility index (Phi) is 6.12. The van der Waals surface area contributed by atoms with E-state index < -0.39 is 0 Å². The van der Waals surface area contributed by atoms with Crippen LogP contribution in [0.1, 0.15) is 30.0 Å². The largest absolute Gasteiger partial charge is 0.487 e. The lowest BCUT2D eigenvalue weighted by Crippen LogP contribution is -2.26. The van der Waals surface area contributed by atoms with Crippen LogP contribution in [0.25, 0.3) is 11.6 Å². The van der Waals surface area contributed by atoms with Gasteiger partial charge in [-0.2, -0.15) is 0 Å². The number of benzene rings is 3. The molecule has 0 aromatic heterocycles. The number of carbonyl (C=O) groups is 1. The van der Waals surface area contributed by atoms with Gasteiger partial charge in [-0.1, -0.05) is 66.5 Å². The number of carbonyl (C=O) groups excluding carboxylic acids is 1. The lowest BCUT2D eigenvalue weighted by Gasteiger charge is -2.15. The second-order valence-electron chi connectivity index (χ2n) is 7.14. The van der Waals surface area contributed by atoms with E-state index in [0.29, 0.717) is 34.5 Å². The predicted octanol–water partition coefficient (Wildman–Crippen LogP) is 6.87. The van der Waals surface area contributed by atoms with Crippen molar-refractivity contribution in [3.05, 3.63) is 93.5 Å². The Hall–Kier alpha value is -2.75. The van der Waals surface area contributed by atoms with E-state index in [2.05, 4.69) is 6.92 Å². The molecular formula is C25H21Cl2NO2. The zero-order valence-electron chi connectivity index (χ0n) is 16.6. The van der Waals surface area contributed by atoms with Crippen molar-refractivity contribution in [3.63, 3.8) is 0 Å². The van der Waals surface area contributed by atoms with Gasteiger partial charge in [-0.3, -0.25) is 4.79 Å². The Morgan fingerprint density at radius 1 is 1.00 bits per heavy atom. The molecule has 0 bridgehead atoms. The summed E-state index contributed by atoms with van der Waals surface area (Å²) in [5, 5.41) is 1.19. The molecule has 0 fully saturated rings. The van der Waals surface area contributed by atoms with Crippen LogP contribution in [0.2, 0.25) is 10.0 Å². The molecule has 1 aliphatic rings. The molecule has 3 nitrogen and oxygen atoms in total. The van der Waals surface area contributed by atoms with Crippen LogP contribution in [-0.4, -0.2) is 12.5 Å². The van der Waals surface area contributed by atoms with Crippen molar-refractivity contribution in [2.24, 2.45) is 0 Å². The molecule has 5 heteroatoms. The number of amides is 1. The number of para-hydroxylation sites is 1. The highest BCUT2D eigenvalue weighted by molar-refractivity contribution is 6.36. The highest BCUT2D eigenvalue weighted by Crippen LogP contribution is 2.38. The van der Waals surface area contributed by atoms with Crippen molar-refractivity contribution in [2.75, 3.05) is 11.4 Å². The Labute approximate surface area is 186 Å². The van der Waals surface area contributed by atoms with Crippen molar-refractivity contribution < 1.29 is 9.53 Å². The average molecular weight is 438 g/mol. The first-order valence-corrected chi connectivity index (χ1v) is 10.6. The molecule has 0 saturated carbocycles. The topological polar surface area (TPSA) is 29.5 Å². The zero-order valence-corrected chi connectivity index (χ0v) is 18.1. The van der Waals surface area contributed by atoms with E-state index in [9.17, 15) is 4.79 Å². The molecule has 30 heavy (non-hydrogen) atoms. The lowest BCUT2D eigenvalue weighted by molar-refractivity contribution is -0.113. The van der Waals surface area contributed by atoms with Crippen LogP contribution in [0.5, 0.6) is 5.75 Å². The van der Waals surface area contributed by atoms with E-state index in [0.717, 1.165) is 28.8 Å². The van der Waals surface area contributed by atoms with Crippen molar-refractivity contribution in [1.82, 2.24) is 0 Å². The van der Waals surface area contributed by atoms with Gasteiger partial charge in [0.1, 0.15) is 12.4 Å². The van der Waals surface area contributed by atoms with Crippen LogP contribution in [-0.2, 0) is 11.4 Å². The number of ether oxygens (including phenoxy) is 1. The molecular weight excluding hydrogens is 417 g/mol. The van der Waals surface area contributed by atoms with Gasteiger partial charge in [0.15, 0.2) is 0 Å². The van der Waals surface area contributed by atoms with Gasteiger partial charge in [-0.25, -0.2) is 0 Å². The predicted molar refractivity (Wildman–Crippen MR) is 124 cm³/mol. The van der Waals surface area contributed by atoms with Crippen LogP contribution in [0, 0.1) is 0 Å². The minimum atomic E-state index is 0.0252. The molecule has 0 unspecified atom stereocenters. The number of rotatable bonds is 6. The van der Waals surface area contributed by atoms with Gasteiger partial charge in [-0.05, 0) is 54.0 Å². The number of halogens is 2. The van der Waals surface area contributed by atoms with Crippen LogP contribution >= 0.6 is 23.2 Å². The molecule has 0 saturated heterocycles. The first-order valence-electron chi connectivity index (χ1n) is 9.86. The molecule has 0 aliphatic carbocycles. The highest BCUT2D eigenvalue weighted by atomic mass is 35.5. The van der Waals surface area contributed by atoms with Crippen LogP contribution in [0.3, 0.4) is 0 Å². The van der Waals surface area contributed by atoms with Crippen LogP contribution < -0.4 is 9.64 Å². The maximum atomic E-state index is 13.0. The summed E-state index contributed by atoms with van der Waals surface area (Å²) in [4.78, 5) is 14.8. The van der Waals surface area contributed by atoms with Gasteiger partial charge < -0.3 is 9.64 Å². The molecule has 0 atom stereocenters. The zero-order chi connectivity index (χ0) is 21.1. The van der Waals surface area contributed by atoms with Gasteiger partial charge in [0.25, 0.3) is 5.91 Å². The fraction of sp³-hybridized carbons (Fsp3) is 0.160. The second-order valence-corrected chi connectivity index (χ2v) is 7.98. The van der Waals surface area contributed by atoms with Gasteiger partial charge in [-0.15, -0.1) is 0 Å². The maximum absolute atomic E-state index is 13.0. The monoisotopic (exact) mass is 437 g/mol. The molecule has 1 amide bonds. The second kappa shape index (κ2) is 8.95. The van der Waals surface area contributed by atoms with Crippen molar-refractivity contribution in [2.45, 2.75) is 20.0 Å². The Morgan fingerprint density at radius 3 is 2.50 bits per heavy atom. The minimum absolute atomic E-state index is 0.0252. The summed E-state index contributed by atoms with van der Waals surface area (Å²) in [6.07, 6.45) is 2.80. The Morgan fingerprint density at radius 2 is 1.77 bits per heavy atom. The normalized spacial score (nSPS) is 14.3. The first kappa shape index (κ1) is 20.5. The summed E-state index contributed by atoms with van der Waals surface area (Å²) in [5.74, 6) is 0.622. The minimum Gasteiger partial charge on any atom is -0.487 e. The average Bonchev–Trinajstić information content (AvgIpc) is 3.01. The molecule has 0 N–H and O–H groups in total. The maximum Gasteiger partial charge on any atom is 0.258 e. The third-order valence-corrected chi connectivity index (χ3v) is 5.53. The van der Waals surface area contributed by atoms with Gasteiger partial charge >= 0.3 is 0 Å². The van der Waals surface area contributed by atoms with Crippen molar-refractivity contribution in [1.29, 1.82) is 0 Å². The van der Waals surface area contributed by atoms with Gasteiger partial charge in [0.05, 0.1) is 10.7 Å². The molecule has 3 aromatic rings. The Balaban J connectivity index is 1.56. The molecule has 0 spiro atoms. The van der Waals surface area contributed by atoms with E-state index >= 15 is 0 Å². The number of nitrogens with zero attached hydrogens (tertiary/aromatic N) is 1. The fourth-order valence-corrected chi connectivity index (χ4v) is 3.89. The molecule has 0 radical (unpaired) electrons. The number of anilines is 1. The van der Waals surface area contributed by atoms with Crippen molar-refractivity contribution in [3.8, 4) is 5.75 Å². The number of hydrogen-bond donors (Lipinski definition) is 0. The van der Waals surface area contributed by atoms with Crippen LogP contribution in [0.15, 0.2) is 66.7 Å². The first-order chi connectivity index (χ1) is 14.6. The summed E-state index contributed by atoms with van der Waals surface area (Å²) in [5.41, 5.74) is 4.46. The number of fused-ring (bicyclic) bond motifs is 1. The van der Waals surface area contributed by atoms with E-state index in [1.54, 1.807) is 0 Å². The fourth-order valence-electron chi connectivity index (χ4n) is 3.52. The van der Waals surface area contributed by atoms with Crippen LogP contribution in [0.4, 0.5) is 5.69 Å². The van der Waals surface area contributed by atoms with Crippen molar-refractivity contribution >= 4 is 46.4 Å². The summed E-state index contributed by atoms with van der Waals surface area (Å²) in [6, 6.07) is 20.9. The smallest absolute Gasteiger partial charge is 0.258 e. The quantitative estimate of drug-likeness (QED) is 0.393. The summed E-state index contributed by atoms with van der Waals surface area (Å²) in [7, 11) is 0. The summed E-state index contributed by atoms with van der Waals surface area (Å²) in [6.45, 7) is 3.17. The number of hydrogen-bond acceptors (Lipinski definition) is 2. The SMILES string of the molecule is CCCN1C(=O)/C(=C\c2ccc(OCc3ccc(Cl)cc3)c(Cl)c2)c2ccccc21. The van der Waals surface area contributed by atoms with E-state index in [-0.39, 0.29) is 5.91 Å². The summed E-state index contributed by atoms with van der Waals surface area (Å²) >= 11 is 12.4. The molecule has 3 aromatic carbocycles. The van der Waals surface area contributed by atoms with Gasteiger partial charge in [0, 0.05) is 22.7 Å². The Bertz CT molecular complexity index is 1110. The molecule has 152 valence electrons. The third-order valence-electron chi connectivity index (χ3n) is 4.98. The lowest BCUT2D eigenvalue weighted by atomic mass is 10.0. The molecule has 1 heterocycles. The molecule has 4 rings (SSSR count). The van der Waals surface area contributed by atoms with E-state index in [4.69, 9.17) is 27.9 Å². The molecule has 1 aliphatic heterocycles. The van der Waals surface area contributed by atoms with E-state index in [1.165, 1.54) is 0 Å². The van der Waals surface area contributed by atoms with E-state index in [1.807, 2.05) is 77.7 Å². The van der Waals surface area contributed by atoms with Gasteiger partial charge in [0.2, 0.25) is 0 Å². The summed E-state index contributed by atoms with van der Waals surface area (Å²) < 4.78 is 5.84.